The van der Waals surface area contributed by atoms with Crippen LogP contribution in [-0.2, 0) is 14.3 Å². The van der Waals surface area contributed by atoms with Gasteiger partial charge in [-0.15, -0.1) is 0 Å². The Balaban J connectivity index is 1.91. The van der Waals surface area contributed by atoms with Crippen molar-refractivity contribution in [2.75, 3.05) is 20.2 Å². The Bertz CT molecular complexity index is 1240. The molecule has 2 aromatic carbocycles. The van der Waals surface area contributed by atoms with Crippen molar-refractivity contribution >= 4 is 21.9 Å². The van der Waals surface area contributed by atoms with Gasteiger partial charge in [-0.1, -0.05) is 48.0 Å². The van der Waals surface area contributed by atoms with Crippen LogP contribution in [0.5, 0.6) is 5.75 Å². The molecule has 34 heavy (non-hydrogen) atoms. The highest BCUT2D eigenvalue weighted by Crippen LogP contribution is 2.28. The Morgan fingerprint density at radius 3 is 2.32 bits per heavy atom. The summed E-state index contributed by atoms with van der Waals surface area (Å²) in [4.78, 5) is 27.5. The number of amides is 2. The zero-order valence-corrected chi connectivity index (χ0v) is 19.9. The molecular formula is C24H27N3O6S. The molecule has 0 aliphatic heterocycles. The number of carbonyl (C=O) groups is 2. The van der Waals surface area contributed by atoms with Crippen molar-refractivity contribution in [3.63, 3.8) is 0 Å². The molecule has 0 aliphatic carbocycles. The summed E-state index contributed by atoms with van der Waals surface area (Å²) < 4.78 is 36.8. The maximum atomic E-state index is 12.7. The van der Waals surface area contributed by atoms with Gasteiger partial charge < -0.3 is 20.4 Å². The normalized spacial score (nSPS) is 12.1. The summed E-state index contributed by atoms with van der Waals surface area (Å²) in [7, 11) is -2.60. The minimum absolute atomic E-state index is 0.0242. The monoisotopic (exact) mass is 485 g/mol. The number of rotatable bonds is 10. The van der Waals surface area contributed by atoms with Crippen molar-refractivity contribution in [1.82, 2.24) is 15.6 Å². The number of hydrogen-bond acceptors (Lipinski definition) is 6. The van der Waals surface area contributed by atoms with E-state index >= 15 is 0 Å². The van der Waals surface area contributed by atoms with Crippen molar-refractivity contribution in [2.45, 2.75) is 24.8 Å². The summed E-state index contributed by atoms with van der Waals surface area (Å²) in [5.41, 5.74) is 1.72. The summed E-state index contributed by atoms with van der Waals surface area (Å²) >= 11 is 0. The molecule has 1 unspecified atom stereocenters. The van der Waals surface area contributed by atoms with Crippen LogP contribution < -0.4 is 15.4 Å². The summed E-state index contributed by atoms with van der Waals surface area (Å²) in [6.45, 7) is 3.68. The van der Waals surface area contributed by atoms with Gasteiger partial charge >= 0.3 is 0 Å². The van der Waals surface area contributed by atoms with E-state index in [4.69, 9.17) is 8.92 Å². The molecule has 1 heterocycles. The molecular weight excluding hydrogens is 458 g/mol. The van der Waals surface area contributed by atoms with Gasteiger partial charge in [-0.3, -0.25) is 13.8 Å². The zero-order valence-electron chi connectivity index (χ0n) is 19.1. The molecule has 3 N–H and O–H groups in total. The maximum absolute atomic E-state index is 12.7. The fourth-order valence-corrected chi connectivity index (χ4v) is 4.05. The van der Waals surface area contributed by atoms with E-state index in [1.165, 1.54) is 25.2 Å². The second-order valence-electron chi connectivity index (χ2n) is 7.43. The van der Waals surface area contributed by atoms with Gasteiger partial charge in [0.1, 0.15) is 24.1 Å². The van der Waals surface area contributed by atoms with Gasteiger partial charge in [-0.25, -0.2) is 0 Å². The molecule has 0 spiro atoms. The van der Waals surface area contributed by atoms with Gasteiger partial charge in [0.05, 0.1) is 4.90 Å². The standard InChI is InChI=1S/C24H27N3O6S/c1-4-26-23(28)19-14-20(22(27-19)24(29)25-3)33-21(17-8-6-5-7-9-17)15-32-34(30,31)18-12-10-16(2)11-13-18/h5-14,21,27H,4,15H2,1-3H3,(H,25,29)(H,26,28). The lowest BCUT2D eigenvalue weighted by molar-refractivity contribution is 0.0941. The minimum Gasteiger partial charge on any atom is -0.481 e. The lowest BCUT2D eigenvalue weighted by atomic mass is 10.1. The van der Waals surface area contributed by atoms with E-state index < -0.39 is 28.0 Å². The van der Waals surface area contributed by atoms with E-state index in [1.54, 1.807) is 43.3 Å². The second-order valence-corrected chi connectivity index (χ2v) is 9.05. The third-order valence-electron chi connectivity index (χ3n) is 4.94. The molecule has 180 valence electrons. The van der Waals surface area contributed by atoms with Gasteiger partial charge in [0.15, 0.2) is 5.75 Å². The molecule has 3 rings (SSSR count). The number of carbonyl (C=O) groups excluding carboxylic acids is 2. The number of hydrogen-bond donors (Lipinski definition) is 3. The van der Waals surface area contributed by atoms with E-state index in [-0.39, 0.29) is 28.6 Å². The van der Waals surface area contributed by atoms with Gasteiger partial charge in [0.2, 0.25) is 0 Å². The average molecular weight is 486 g/mol. The van der Waals surface area contributed by atoms with Crippen LogP contribution >= 0.6 is 0 Å². The van der Waals surface area contributed by atoms with E-state index in [1.807, 2.05) is 13.0 Å². The zero-order chi connectivity index (χ0) is 24.7. The number of benzene rings is 2. The van der Waals surface area contributed by atoms with Crippen molar-refractivity contribution in [2.24, 2.45) is 0 Å². The molecule has 0 saturated heterocycles. The van der Waals surface area contributed by atoms with E-state index in [2.05, 4.69) is 15.6 Å². The molecule has 0 fully saturated rings. The Morgan fingerprint density at radius 1 is 1.03 bits per heavy atom. The fourth-order valence-electron chi connectivity index (χ4n) is 3.14. The highest BCUT2D eigenvalue weighted by molar-refractivity contribution is 7.86. The molecule has 0 radical (unpaired) electrons. The summed E-state index contributed by atoms with van der Waals surface area (Å²) in [5, 5.41) is 5.14. The molecule has 2 amide bonds. The van der Waals surface area contributed by atoms with Crippen LogP contribution in [0.4, 0.5) is 0 Å². The first-order chi connectivity index (χ1) is 16.2. The Hall–Kier alpha value is -3.63. The fraction of sp³-hybridized carbons (Fsp3) is 0.250. The van der Waals surface area contributed by atoms with Crippen LogP contribution in [-0.4, -0.2) is 45.4 Å². The highest BCUT2D eigenvalue weighted by atomic mass is 32.2. The molecule has 9 nitrogen and oxygen atoms in total. The van der Waals surface area contributed by atoms with Crippen LogP contribution in [0.15, 0.2) is 65.6 Å². The topological polar surface area (TPSA) is 127 Å². The summed E-state index contributed by atoms with van der Waals surface area (Å²) in [6, 6.07) is 16.6. The predicted octanol–water partition coefficient (Wildman–Crippen LogP) is 2.96. The quantitative estimate of drug-likeness (QED) is 0.379. The molecule has 0 bridgehead atoms. The second kappa shape index (κ2) is 11.0. The number of aryl methyl sites for hydroxylation is 1. The van der Waals surface area contributed by atoms with Crippen LogP contribution in [0.3, 0.4) is 0 Å². The first-order valence-electron chi connectivity index (χ1n) is 10.7. The van der Waals surface area contributed by atoms with Gasteiger partial charge in [0, 0.05) is 19.7 Å². The number of H-pyrrole nitrogens is 1. The third kappa shape index (κ3) is 6.03. The number of aromatic amines is 1. The Morgan fingerprint density at radius 2 is 1.71 bits per heavy atom. The molecule has 10 heteroatoms. The van der Waals surface area contributed by atoms with Crippen molar-refractivity contribution in [1.29, 1.82) is 0 Å². The van der Waals surface area contributed by atoms with E-state index in [9.17, 15) is 18.0 Å². The third-order valence-corrected chi connectivity index (χ3v) is 6.24. The SMILES string of the molecule is CCNC(=O)c1cc(OC(COS(=O)(=O)c2ccc(C)cc2)c2ccccc2)c(C(=O)NC)[nH]1. The van der Waals surface area contributed by atoms with E-state index in [0.29, 0.717) is 12.1 Å². The highest BCUT2D eigenvalue weighted by Gasteiger charge is 2.25. The predicted molar refractivity (Wildman–Crippen MR) is 126 cm³/mol. The first-order valence-corrected chi connectivity index (χ1v) is 12.1. The number of nitrogens with one attached hydrogen (secondary N) is 3. The van der Waals surface area contributed by atoms with Crippen LogP contribution in [0.2, 0.25) is 0 Å². The van der Waals surface area contributed by atoms with Gasteiger partial charge in [-0.2, -0.15) is 8.42 Å². The molecule has 3 aromatic rings. The largest absolute Gasteiger partial charge is 0.481 e. The Labute approximate surface area is 198 Å². The summed E-state index contributed by atoms with van der Waals surface area (Å²) in [6.07, 6.45) is -0.886. The van der Waals surface area contributed by atoms with Crippen LogP contribution in [0.1, 0.15) is 45.1 Å². The van der Waals surface area contributed by atoms with Crippen molar-refractivity contribution < 1.29 is 26.9 Å². The van der Waals surface area contributed by atoms with Crippen molar-refractivity contribution in [3.8, 4) is 5.75 Å². The number of ether oxygens (including phenoxy) is 1. The molecule has 1 aromatic heterocycles. The first kappa shape index (κ1) is 25.0. The minimum atomic E-state index is -4.05. The average Bonchev–Trinajstić information content (AvgIpc) is 3.26. The summed E-state index contributed by atoms with van der Waals surface area (Å²) in [5.74, 6) is -0.812. The maximum Gasteiger partial charge on any atom is 0.297 e. The molecule has 0 aliphatic rings. The lowest BCUT2D eigenvalue weighted by Gasteiger charge is -2.19. The number of aromatic nitrogens is 1. The van der Waals surface area contributed by atoms with Crippen LogP contribution in [0.25, 0.3) is 0 Å². The van der Waals surface area contributed by atoms with Crippen molar-refractivity contribution in [3.05, 3.63) is 83.2 Å². The lowest BCUT2D eigenvalue weighted by Crippen LogP contribution is -2.24. The van der Waals surface area contributed by atoms with E-state index in [0.717, 1.165) is 5.56 Å². The van der Waals surface area contributed by atoms with Gasteiger partial charge in [-0.05, 0) is 31.5 Å². The van der Waals surface area contributed by atoms with Crippen LogP contribution in [0, 0.1) is 6.92 Å². The molecule has 1 atom stereocenters. The Kier molecular flexibility index (Phi) is 8.08. The smallest absolute Gasteiger partial charge is 0.297 e. The van der Waals surface area contributed by atoms with Gasteiger partial charge in [0.25, 0.3) is 21.9 Å². The molecule has 0 saturated carbocycles.